The zero-order valence-corrected chi connectivity index (χ0v) is 14.5. The molecule has 5 heteroatoms. The molecule has 0 aliphatic carbocycles. The quantitative estimate of drug-likeness (QED) is 0.892. The van der Waals surface area contributed by atoms with E-state index in [9.17, 15) is 19.1 Å². The van der Waals surface area contributed by atoms with Crippen molar-refractivity contribution < 1.29 is 19.1 Å². The number of hydrogen-bond donors (Lipinski definition) is 1. The third kappa shape index (κ3) is 4.48. The number of likely N-dealkylation sites (tertiary alicyclic amines) is 1. The maximum atomic E-state index is 13.3. The van der Waals surface area contributed by atoms with Gasteiger partial charge in [-0.15, -0.1) is 0 Å². The van der Waals surface area contributed by atoms with Crippen LogP contribution in [0.5, 0.6) is 0 Å². The molecule has 0 radical (unpaired) electrons. The minimum atomic E-state index is -1.01. The van der Waals surface area contributed by atoms with Crippen LogP contribution in [-0.4, -0.2) is 35.0 Å². The molecule has 1 fully saturated rings. The van der Waals surface area contributed by atoms with Crippen LogP contribution in [0.25, 0.3) is 0 Å². The minimum Gasteiger partial charge on any atom is -0.478 e. The Morgan fingerprint density at radius 2 is 1.81 bits per heavy atom. The Balaban J connectivity index is 1.55. The van der Waals surface area contributed by atoms with Gasteiger partial charge in [-0.25, -0.2) is 9.18 Å². The summed E-state index contributed by atoms with van der Waals surface area (Å²) in [5, 5.41) is 9.23. The average Bonchev–Trinajstić information content (AvgIpc) is 2.62. The zero-order chi connectivity index (χ0) is 18.5. The van der Waals surface area contributed by atoms with Crippen molar-refractivity contribution in [3.8, 4) is 0 Å². The molecule has 2 aromatic carbocycles. The first-order valence-electron chi connectivity index (χ1n) is 8.86. The van der Waals surface area contributed by atoms with Gasteiger partial charge in [0, 0.05) is 13.1 Å². The first kappa shape index (κ1) is 18.1. The minimum absolute atomic E-state index is 0.0390. The SMILES string of the molecule is O=C(O)c1ccccc1CC(=O)N1CCC(Cc2cccc(F)c2)CC1. The van der Waals surface area contributed by atoms with Crippen molar-refractivity contribution in [3.63, 3.8) is 0 Å². The lowest BCUT2D eigenvalue weighted by molar-refractivity contribution is -0.131. The van der Waals surface area contributed by atoms with Gasteiger partial charge < -0.3 is 10.0 Å². The number of nitrogens with zero attached hydrogens (tertiary/aromatic N) is 1. The molecular weight excluding hydrogens is 333 g/mol. The van der Waals surface area contributed by atoms with E-state index in [2.05, 4.69) is 0 Å². The van der Waals surface area contributed by atoms with E-state index >= 15 is 0 Å². The van der Waals surface area contributed by atoms with Crippen molar-refractivity contribution in [2.45, 2.75) is 25.7 Å². The van der Waals surface area contributed by atoms with E-state index in [1.165, 1.54) is 12.1 Å². The summed E-state index contributed by atoms with van der Waals surface area (Å²) >= 11 is 0. The topological polar surface area (TPSA) is 57.6 Å². The summed E-state index contributed by atoms with van der Waals surface area (Å²) in [5.41, 5.74) is 1.72. The summed E-state index contributed by atoms with van der Waals surface area (Å²) in [6.07, 6.45) is 2.68. The molecule has 1 N–H and O–H groups in total. The number of piperidine rings is 1. The largest absolute Gasteiger partial charge is 0.478 e. The van der Waals surface area contributed by atoms with Crippen LogP contribution < -0.4 is 0 Å². The molecule has 0 aromatic heterocycles. The van der Waals surface area contributed by atoms with E-state index in [-0.39, 0.29) is 23.7 Å². The molecule has 26 heavy (non-hydrogen) atoms. The molecule has 0 unspecified atom stereocenters. The zero-order valence-electron chi connectivity index (χ0n) is 14.5. The summed E-state index contributed by atoms with van der Waals surface area (Å²) in [4.78, 5) is 25.6. The van der Waals surface area contributed by atoms with E-state index in [4.69, 9.17) is 0 Å². The number of amides is 1. The number of carboxylic acids is 1. The van der Waals surface area contributed by atoms with Gasteiger partial charge in [-0.05, 0) is 54.5 Å². The smallest absolute Gasteiger partial charge is 0.335 e. The van der Waals surface area contributed by atoms with Gasteiger partial charge in [0.25, 0.3) is 0 Å². The van der Waals surface area contributed by atoms with Crippen molar-refractivity contribution in [1.29, 1.82) is 0 Å². The summed E-state index contributed by atoms with van der Waals surface area (Å²) in [5.74, 6) is -0.829. The van der Waals surface area contributed by atoms with Gasteiger partial charge in [0.15, 0.2) is 0 Å². The molecule has 1 aliphatic rings. The van der Waals surface area contributed by atoms with Crippen LogP contribution >= 0.6 is 0 Å². The fraction of sp³-hybridized carbons (Fsp3) is 0.333. The van der Waals surface area contributed by atoms with Gasteiger partial charge in [0.1, 0.15) is 5.82 Å². The number of halogens is 1. The van der Waals surface area contributed by atoms with Crippen LogP contribution in [-0.2, 0) is 17.6 Å². The predicted octanol–water partition coefficient (Wildman–Crippen LogP) is 3.55. The lowest BCUT2D eigenvalue weighted by Crippen LogP contribution is -2.39. The Kier molecular flexibility index (Phi) is 5.66. The summed E-state index contributed by atoms with van der Waals surface area (Å²) in [6, 6.07) is 13.3. The number of rotatable bonds is 5. The molecule has 0 saturated carbocycles. The second kappa shape index (κ2) is 8.13. The second-order valence-corrected chi connectivity index (χ2v) is 6.80. The van der Waals surface area contributed by atoms with Crippen molar-refractivity contribution in [3.05, 3.63) is 71.0 Å². The number of hydrogen-bond acceptors (Lipinski definition) is 2. The highest BCUT2D eigenvalue weighted by Crippen LogP contribution is 2.23. The lowest BCUT2D eigenvalue weighted by atomic mass is 9.90. The molecule has 0 bridgehead atoms. The first-order valence-corrected chi connectivity index (χ1v) is 8.86. The fourth-order valence-electron chi connectivity index (χ4n) is 3.54. The van der Waals surface area contributed by atoms with Crippen molar-refractivity contribution in [2.75, 3.05) is 13.1 Å². The van der Waals surface area contributed by atoms with E-state index in [1.807, 2.05) is 6.07 Å². The van der Waals surface area contributed by atoms with Crippen molar-refractivity contribution in [1.82, 2.24) is 4.90 Å². The fourth-order valence-corrected chi connectivity index (χ4v) is 3.54. The third-order valence-corrected chi connectivity index (χ3v) is 4.97. The number of carbonyl (C=O) groups excluding carboxylic acids is 1. The van der Waals surface area contributed by atoms with Crippen LogP contribution in [0.2, 0.25) is 0 Å². The summed E-state index contributed by atoms with van der Waals surface area (Å²) in [7, 11) is 0. The van der Waals surface area contributed by atoms with Gasteiger partial charge >= 0.3 is 5.97 Å². The Bertz CT molecular complexity index is 797. The van der Waals surface area contributed by atoms with Gasteiger partial charge in [0.05, 0.1) is 12.0 Å². The second-order valence-electron chi connectivity index (χ2n) is 6.80. The summed E-state index contributed by atoms with van der Waals surface area (Å²) in [6.45, 7) is 1.32. The maximum Gasteiger partial charge on any atom is 0.335 e. The Morgan fingerprint density at radius 3 is 2.50 bits per heavy atom. The van der Waals surface area contributed by atoms with Crippen LogP contribution in [0.3, 0.4) is 0 Å². The van der Waals surface area contributed by atoms with E-state index in [1.54, 1.807) is 35.2 Å². The highest BCUT2D eigenvalue weighted by molar-refractivity contribution is 5.91. The predicted molar refractivity (Wildman–Crippen MR) is 96.5 cm³/mol. The molecule has 3 rings (SSSR count). The molecular formula is C21H22FNO3. The van der Waals surface area contributed by atoms with E-state index < -0.39 is 5.97 Å². The van der Waals surface area contributed by atoms with Gasteiger partial charge in [-0.3, -0.25) is 4.79 Å². The number of carboxylic acid groups (broad SMARTS) is 1. The first-order chi connectivity index (χ1) is 12.5. The highest BCUT2D eigenvalue weighted by atomic mass is 19.1. The van der Waals surface area contributed by atoms with E-state index in [0.717, 1.165) is 24.8 Å². The monoisotopic (exact) mass is 355 g/mol. The van der Waals surface area contributed by atoms with Gasteiger partial charge in [-0.2, -0.15) is 0 Å². The maximum absolute atomic E-state index is 13.3. The highest BCUT2D eigenvalue weighted by Gasteiger charge is 2.24. The van der Waals surface area contributed by atoms with Gasteiger partial charge in [0.2, 0.25) is 5.91 Å². The molecule has 4 nitrogen and oxygen atoms in total. The molecule has 136 valence electrons. The van der Waals surface area contributed by atoms with Gasteiger partial charge in [-0.1, -0.05) is 30.3 Å². The molecule has 0 atom stereocenters. The number of aromatic carboxylic acids is 1. The Morgan fingerprint density at radius 1 is 1.08 bits per heavy atom. The van der Waals surface area contributed by atoms with Crippen LogP contribution in [0.1, 0.15) is 34.3 Å². The molecule has 2 aromatic rings. The average molecular weight is 355 g/mol. The molecule has 1 heterocycles. The molecule has 1 amide bonds. The Hall–Kier alpha value is -2.69. The molecule has 1 saturated heterocycles. The van der Waals surface area contributed by atoms with Crippen LogP contribution in [0, 0.1) is 11.7 Å². The molecule has 0 spiro atoms. The van der Waals surface area contributed by atoms with Crippen LogP contribution in [0.4, 0.5) is 4.39 Å². The summed E-state index contributed by atoms with van der Waals surface area (Å²) < 4.78 is 13.3. The van der Waals surface area contributed by atoms with Crippen molar-refractivity contribution in [2.24, 2.45) is 5.92 Å². The standard InChI is InChI=1S/C21H22FNO3/c22-18-6-3-4-16(13-18)12-15-8-10-23(11-9-15)20(24)14-17-5-1-2-7-19(17)21(25)26/h1-7,13,15H,8-12,14H2,(H,25,26). The lowest BCUT2D eigenvalue weighted by Gasteiger charge is -2.32. The Labute approximate surface area is 152 Å². The van der Waals surface area contributed by atoms with Crippen LogP contribution in [0.15, 0.2) is 48.5 Å². The van der Waals surface area contributed by atoms with Crippen molar-refractivity contribution >= 4 is 11.9 Å². The molecule has 1 aliphatic heterocycles. The normalized spacial score (nSPS) is 15.0. The van der Waals surface area contributed by atoms with E-state index in [0.29, 0.717) is 24.6 Å². The number of benzene rings is 2. The number of carbonyl (C=O) groups is 2. The third-order valence-electron chi connectivity index (χ3n) is 4.97.